The molecule has 4 aliphatic rings. The van der Waals surface area contributed by atoms with Crippen molar-refractivity contribution in [3.05, 3.63) is 0 Å². The van der Waals surface area contributed by atoms with Gasteiger partial charge in [0.1, 0.15) is 17.8 Å². The molecule has 2 heterocycles. The van der Waals surface area contributed by atoms with Crippen molar-refractivity contribution in [2.75, 3.05) is 6.61 Å². The molecule has 2 bridgehead atoms. The summed E-state index contributed by atoms with van der Waals surface area (Å²) in [5.74, 6) is 0.449. The second-order valence-corrected chi connectivity index (χ2v) is 7.48. The van der Waals surface area contributed by atoms with Crippen molar-refractivity contribution in [1.29, 1.82) is 0 Å². The number of aliphatic hydroxyl groups is 1. The highest BCUT2D eigenvalue weighted by Crippen LogP contribution is 2.68. The second-order valence-electron chi connectivity index (χ2n) is 7.48. The van der Waals surface area contributed by atoms with Crippen LogP contribution in [-0.4, -0.2) is 35.5 Å². The smallest absolute Gasteiger partial charge is 0.310 e. The molecule has 1 spiro atoms. The molecule has 2 aliphatic heterocycles. The normalized spacial score (nSPS) is 58.6. The molecule has 2 aliphatic carbocycles. The summed E-state index contributed by atoms with van der Waals surface area (Å²) in [5.41, 5.74) is -0.483. The zero-order valence-electron chi connectivity index (χ0n) is 11.8. The first-order valence-electron chi connectivity index (χ1n) is 7.45. The number of ether oxygens (including phenoxy) is 2. The number of fused-ring (bicyclic) bond motifs is 3. The quantitative estimate of drug-likeness (QED) is 0.728. The maximum atomic E-state index is 12.2. The van der Waals surface area contributed by atoms with E-state index in [4.69, 9.17) is 9.47 Å². The minimum atomic E-state index is -0.658. The number of hydrogen-bond donors (Lipinski definition) is 1. The Morgan fingerprint density at radius 3 is 2.74 bits per heavy atom. The van der Waals surface area contributed by atoms with Gasteiger partial charge in [-0.05, 0) is 18.8 Å². The monoisotopic (exact) mass is 266 g/mol. The fourth-order valence-corrected chi connectivity index (χ4v) is 5.50. The topological polar surface area (TPSA) is 55.8 Å². The van der Waals surface area contributed by atoms with Crippen LogP contribution in [0.15, 0.2) is 0 Å². The van der Waals surface area contributed by atoms with Crippen LogP contribution >= 0.6 is 0 Å². The van der Waals surface area contributed by atoms with E-state index in [-0.39, 0.29) is 35.2 Å². The molecule has 4 rings (SSSR count). The van der Waals surface area contributed by atoms with Crippen LogP contribution in [0.2, 0.25) is 0 Å². The van der Waals surface area contributed by atoms with E-state index in [2.05, 4.69) is 20.8 Å². The maximum Gasteiger partial charge on any atom is 0.310 e. The molecule has 0 radical (unpaired) electrons. The van der Waals surface area contributed by atoms with Crippen LogP contribution in [0, 0.1) is 29.1 Å². The molecule has 19 heavy (non-hydrogen) atoms. The van der Waals surface area contributed by atoms with E-state index in [1.54, 1.807) is 0 Å². The van der Waals surface area contributed by atoms with E-state index in [0.29, 0.717) is 12.5 Å². The van der Waals surface area contributed by atoms with Crippen molar-refractivity contribution in [2.24, 2.45) is 29.1 Å². The van der Waals surface area contributed by atoms with Crippen LogP contribution < -0.4 is 0 Å². The van der Waals surface area contributed by atoms with E-state index >= 15 is 0 Å². The number of esters is 1. The standard InChI is InChI=1S/C15H22O4/c1-7(2)9-10-8-4-5-14(3)6-18-15(8,14)12(16)11(9)19-13(10)17/h7-12,16H,4-6H2,1-3H3/t8-,9-,10+,11+,12+,14+,15-/m0/s1. The predicted octanol–water partition coefficient (Wildman–Crippen LogP) is 1.36. The highest BCUT2D eigenvalue weighted by atomic mass is 16.6. The summed E-state index contributed by atoms with van der Waals surface area (Å²) in [6.45, 7) is 7.14. The lowest BCUT2D eigenvalue weighted by Gasteiger charge is -2.61. The van der Waals surface area contributed by atoms with Gasteiger partial charge < -0.3 is 14.6 Å². The minimum Gasteiger partial charge on any atom is -0.459 e. The van der Waals surface area contributed by atoms with E-state index in [1.165, 1.54) is 0 Å². The SMILES string of the molecule is CC(C)[C@@H]1[C@H]2OC(=O)[C@@H]1[C@@H]1CC[C@]3(C)CO[C@]13[C@@H]2O. The Morgan fingerprint density at radius 2 is 2.16 bits per heavy atom. The van der Waals surface area contributed by atoms with Gasteiger partial charge in [-0.15, -0.1) is 0 Å². The van der Waals surface area contributed by atoms with Gasteiger partial charge in [-0.2, -0.15) is 0 Å². The van der Waals surface area contributed by atoms with Gasteiger partial charge in [0.2, 0.25) is 0 Å². The summed E-state index contributed by atoms with van der Waals surface area (Å²) >= 11 is 0. The average Bonchev–Trinajstić information content (AvgIpc) is 2.74. The fourth-order valence-electron chi connectivity index (χ4n) is 5.50. The Labute approximate surface area is 113 Å². The number of carbonyl (C=O) groups excluding carboxylic acids is 1. The number of carbonyl (C=O) groups is 1. The lowest BCUT2D eigenvalue weighted by Crippen LogP contribution is -2.73. The lowest BCUT2D eigenvalue weighted by atomic mass is 9.54. The number of rotatable bonds is 1. The molecule has 4 fully saturated rings. The van der Waals surface area contributed by atoms with Crippen molar-refractivity contribution in [3.63, 3.8) is 0 Å². The molecule has 7 atom stereocenters. The third-order valence-corrected chi connectivity index (χ3v) is 6.40. The average molecular weight is 266 g/mol. The Bertz CT molecular complexity index is 447. The Hall–Kier alpha value is -0.610. The van der Waals surface area contributed by atoms with Crippen molar-refractivity contribution >= 4 is 5.97 Å². The highest BCUT2D eigenvalue weighted by Gasteiger charge is 2.78. The van der Waals surface area contributed by atoms with Gasteiger partial charge in [0.15, 0.2) is 0 Å². The first-order valence-corrected chi connectivity index (χ1v) is 7.45. The molecule has 4 heteroatoms. The first-order chi connectivity index (χ1) is 8.92. The third-order valence-electron chi connectivity index (χ3n) is 6.40. The van der Waals surface area contributed by atoms with Crippen LogP contribution in [0.1, 0.15) is 33.6 Å². The third kappa shape index (κ3) is 1.09. The molecule has 2 saturated heterocycles. The van der Waals surface area contributed by atoms with Crippen LogP contribution in [-0.2, 0) is 14.3 Å². The van der Waals surface area contributed by atoms with Crippen molar-refractivity contribution in [1.82, 2.24) is 0 Å². The molecule has 0 aromatic rings. The molecule has 2 saturated carbocycles. The van der Waals surface area contributed by atoms with E-state index in [1.807, 2.05) is 0 Å². The van der Waals surface area contributed by atoms with E-state index in [9.17, 15) is 9.90 Å². The summed E-state index contributed by atoms with van der Waals surface area (Å²) in [6.07, 6.45) is 1.000. The van der Waals surface area contributed by atoms with E-state index < -0.39 is 11.7 Å². The number of aliphatic hydroxyl groups excluding tert-OH is 1. The lowest BCUT2D eigenvalue weighted by molar-refractivity contribution is -0.328. The maximum absolute atomic E-state index is 12.2. The number of hydrogen-bond acceptors (Lipinski definition) is 4. The van der Waals surface area contributed by atoms with Crippen molar-refractivity contribution < 1.29 is 19.4 Å². The van der Waals surface area contributed by atoms with Crippen LogP contribution in [0.25, 0.3) is 0 Å². The molecule has 0 unspecified atom stereocenters. The van der Waals surface area contributed by atoms with Gasteiger partial charge >= 0.3 is 5.97 Å². The first kappa shape index (κ1) is 12.2. The Kier molecular flexibility index (Phi) is 2.14. The molecule has 106 valence electrons. The molecule has 0 amide bonds. The Morgan fingerprint density at radius 1 is 1.42 bits per heavy atom. The molecule has 0 aromatic heterocycles. The molecule has 0 aromatic carbocycles. The van der Waals surface area contributed by atoms with Crippen molar-refractivity contribution in [3.8, 4) is 0 Å². The molecular formula is C15H22O4. The molecular weight excluding hydrogens is 244 g/mol. The Balaban J connectivity index is 1.83. The zero-order valence-corrected chi connectivity index (χ0v) is 11.8. The molecule has 4 nitrogen and oxygen atoms in total. The van der Waals surface area contributed by atoms with Gasteiger partial charge in [0.25, 0.3) is 0 Å². The van der Waals surface area contributed by atoms with Crippen LogP contribution in [0.5, 0.6) is 0 Å². The molecule has 1 N–H and O–H groups in total. The van der Waals surface area contributed by atoms with Crippen LogP contribution in [0.3, 0.4) is 0 Å². The highest BCUT2D eigenvalue weighted by molar-refractivity contribution is 5.77. The summed E-state index contributed by atoms with van der Waals surface area (Å²) in [4.78, 5) is 12.2. The second kappa shape index (κ2) is 3.34. The van der Waals surface area contributed by atoms with Gasteiger partial charge in [0, 0.05) is 17.3 Å². The summed E-state index contributed by atoms with van der Waals surface area (Å²) < 4.78 is 11.5. The van der Waals surface area contributed by atoms with Gasteiger partial charge in [0.05, 0.1) is 12.5 Å². The zero-order chi connectivity index (χ0) is 13.6. The van der Waals surface area contributed by atoms with E-state index in [0.717, 1.165) is 12.8 Å². The van der Waals surface area contributed by atoms with Gasteiger partial charge in [-0.3, -0.25) is 4.79 Å². The van der Waals surface area contributed by atoms with Gasteiger partial charge in [-0.1, -0.05) is 20.8 Å². The van der Waals surface area contributed by atoms with Crippen molar-refractivity contribution in [2.45, 2.75) is 51.4 Å². The summed E-state index contributed by atoms with van der Waals surface area (Å²) in [7, 11) is 0. The minimum absolute atomic E-state index is 0.0313. The van der Waals surface area contributed by atoms with Crippen LogP contribution in [0.4, 0.5) is 0 Å². The summed E-state index contributed by atoms with van der Waals surface area (Å²) in [6, 6.07) is 0. The fraction of sp³-hybridized carbons (Fsp3) is 0.933. The predicted molar refractivity (Wildman–Crippen MR) is 67.2 cm³/mol. The van der Waals surface area contributed by atoms with Gasteiger partial charge in [-0.25, -0.2) is 0 Å². The summed E-state index contributed by atoms with van der Waals surface area (Å²) in [5, 5.41) is 10.8. The largest absolute Gasteiger partial charge is 0.459 e.